The number of rotatable bonds is 19. The molecule has 17 nitrogen and oxygen atoms in total. The van der Waals surface area contributed by atoms with Crippen LogP contribution in [0.2, 0.25) is 0 Å². The molecule has 354 valence electrons. The van der Waals surface area contributed by atoms with E-state index in [4.69, 9.17) is 28.0 Å². The van der Waals surface area contributed by atoms with E-state index in [0.717, 1.165) is 12.5 Å². The molecule has 3 heterocycles. The second-order valence-electron chi connectivity index (χ2n) is 14.4. The van der Waals surface area contributed by atoms with E-state index in [9.17, 15) is 31.0 Å². The molecule has 1 amide bonds. The van der Waals surface area contributed by atoms with Crippen LogP contribution in [-0.4, -0.2) is 69.2 Å². The third-order valence-electron chi connectivity index (χ3n) is 8.90. The third-order valence-corrected chi connectivity index (χ3v) is 14.0. The number of thiazole rings is 1. The topological polar surface area (TPSA) is 226 Å². The van der Waals surface area contributed by atoms with Gasteiger partial charge in [-0.15, -0.1) is 11.3 Å². The van der Waals surface area contributed by atoms with Crippen molar-refractivity contribution in [2.45, 2.75) is 36.7 Å². The maximum atomic E-state index is 13.2. The standard InChI is InChI=1S/C27H28N3O8PS2.C20H17NO5S/c1-4-35-39(32,36-5-2)17-20-18-40-27(29-20)30-26(31)19-14-22(16-23(15-19)38-25-8-6-7-13-28-25)37-21-9-11-24(12-10-21)41(3,33)34;1-14(22)15-11-17(13-18(12-15)26-20-5-3-4-10-21-20)25-16-6-8-19(9-7-16)27(2,23)24/h6-16,18H,4-5,17H2,1-3H3,(H,29,30,31);3-13H,1-2H3. The summed E-state index contributed by atoms with van der Waals surface area (Å²) in [4.78, 5) is 38.0. The first-order valence-electron chi connectivity index (χ1n) is 20.5. The SMILES string of the molecule is CC(=O)c1cc(Oc2ccc(S(C)(=O)=O)cc2)cc(Oc2ccccn2)c1.CCOP(=O)(Cc1csc(NC(=O)c2cc(Oc3ccc(S(C)(=O)=O)cc3)cc(Oc3ccccn3)c2)n1)OCC. The number of carbonyl (C=O) groups is 2. The van der Waals surface area contributed by atoms with Crippen LogP contribution in [0, 0.1) is 0 Å². The summed E-state index contributed by atoms with van der Waals surface area (Å²) in [5, 5.41) is 4.71. The molecule has 3 aromatic heterocycles. The molecule has 0 aliphatic rings. The predicted molar refractivity (Wildman–Crippen MR) is 255 cm³/mol. The molecule has 1 N–H and O–H groups in total. The Hall–Kier alpha value is -6.80. The Balaban J connectivity index is 0.000000244. The fourth-order valence-electron chi connectivity index (χ4n) is 5.88. The lowest BCUT2D eigenvalue weighted by Gasteiger charge is -2.15. The lowest BCUT2D eigenvalue weighted by Crippen LogP contribution is -2.12. The molecule has 0 spiro atoms. The van der Waals surface area contributed by atoms with Gasteiger partial charge in [0.1, 0.15) is 34.5 Å². The van der Waals surface area contributed by atoms with E-state index in [-0.39, 0.29) is 52.0 Å². The number of hydrogen-bond acceptors (Lipinski definition) is 17. The van der Waals surface area contributed by atoms with Crippen molar-refractivity contribution in [1.29, 1.82) is 0 Å². The van der Waals surface area contributed by atoms with Crippen LogP contribution in [0.4, 0.5) is 5.13 Å². The van der Waals surface area contributed by atoms with Gasteiger partial charge in [0.25, 0.3) is 5.91 Å². The van der Waals surface area contributed by atoms with Crippen molar-refractivity contribution in [2.24, 2.45) is 0 Å². The Kier molecular flexibility index (Phi) is 17.0. The van der Waals surface area contributed by atoms with Gasteiger partial charge in [-0.1, -0.05) is 12.1 Å². The van der Waals surface area contributed by atoms with Crippen molar-refractivity contribution in [3.63, 3.8) is 0 Å². The summed E-state index contributed by atoms with van der Waals surface area (Å²) in [6.45, 7) is 5.37. The molecule has 0 radical (unpaired) electrons. The van der Waals surface area contributed by atoms with Crippen molar-refractivity contribution >= 4 is 55.4 Å². The summed E-state index contributed by atoms with van der Waals surface area (Å²) in [5.74, 6) is 2.21. The van der Waals surface area contributed by atoms with Crippen LogP contribution < -0.4 is 24.3 Å². The molecule has 21 heteroatoms. The summed E-state index contributed by atoms with van der Waals surface area (Å²) in [5.41, 5.74) is 1.09. The Morgan fingerprint density at radius 2 is 1.04 bits per heavy atom. The second-order valence-corrected chi connectivity index (χ2v) is 21.3. The number of hydrogen-bond donors (Lipinski definition) is 1. The first-order chi connectivity index (χ1) is 32.4. The molecule has 0 aliphatic carbocycles. The fraction of sp³-hybridized carbons (Fsp3) is 0.170. The first-order valence-corrected chi connectivity index (χ1v) is 26.9. The lowest BCUT2D eigenvalue weighted by molar-refractivity contribution is 0.101. The van der Waals surface area contributed by atoms with Gasteiger partial charge in [-0.2, -0.15) is 0 Å². The van der Waals surface area contributed by atoms with E-state index in [1.54, 1.807) is 104 Å². The highest BCUT2D eigenvalue weighted by Crippen LogP contribution is 2.51. The van der Waals surface area contributed by atoms with Crippen molar-refractivity contribution in [3.05, 3.63) is 156 Å². The van der Waals surface area contributed by atoms with E-state index in [0.29, 0.717) is 51.1 Å². The van der Waals surface area contributed by atoms with Crippen molar-refractivity contribution in [3.8, 4) is 46.3 Å². The quantitative estimate of drug-likeness (QED) is 0.0587. The molecule has 68 heavy (non-hydrogen) atoms. The van der Waals surface area contributed by atoms with Crippen LogP contribution in [0.15, 0.2) is 149 Å². The molecule has 0 atom stereocenters. The van der Waals surface area contributed by atoms with E-state index >= 15 is 0 Å². The normalized spacial score (nSPS) is 11.4. The van der Waals surface area contributed by atoms with Gasteiger partial charge in [-0.3, -0.25) is 19.5 Å². The largest absolute Gasteiger partial charge is 0.457 e. The minimum Gasteiger partial charge on any atom is -0.457 e. The summed E-state index contributed by atoms with van der Waals surface area (Å²) in [7, 11) is -10.00. The number of sulfone groups is 2. The van der Waals surface area contributed by atoms with Gasteiger partial charge >= 0.3 is 7.60 Å². The van der Waals surface area contributed by atoms with Crippen LogP contribution in [0.25, 0.3) is 0 Å². The van der Waals surface area contributed by atoms with E-state index in [2.05, 4.69) is 20.3 Å². The highest BCUT2D eigenvalue weighted by Gasteiger charge is 2.26. The molecule has 0 fully saturated rings. The van der Waals surface area contributed by atoms with Crippen molar-refractivity contribution < 1.29 is 59.0 Å². The van der Waals surface area contributed by atoms with Gasteiger partial charge in [-0.25, -0.2) is 31.8 Å². The number of benzene rings is 4. The number of ketones is 1. The predicted octanol–water partition coefficient (Wildman–Crippen LogP) is 10.8. The maximum absolute atomic E-state index is 13.2. The second kappa shape index (κ2) is 22.8. The molecule has 0 aliphatic heterocycles. The molecule has 7 aromatic rings. The smallest absolute Gasteiger partial charge is 0.336 e. The number of ether oxygens (including phenoxy) is 4. The number of carbonyl (C=O) groups excluding carboxylic acids is 2. The van der Waals surface area contributed by atoms with Crippen LogP contribution in [0.3, 0.4) is 0 Å². The monoisotopic (exact) mass is 1000 g/mol. The summed E-state index contributed by atoms with van der Waals surface area (Å²) in [6, 6.07) is 31.8. The fourth-order valence-corrected chi connectivity index (χ4v) is 9.57. The number of nitrogens with one attached hydrogen (secondary N) is 1. The minimum absolute atomic E-state index is 0.0233. The molecule has 0 bridgehead atoms. The average Bonchev–Trinajstić information content (AvgIpc) is 3.72. The third kappa shape index (κ3) is 15.1. The zero-order valence-corrected chi connectivity index (χ0v) is 40.6. The molecule has 7 rings (SSSR count). The van der Waals surface area contributed by atoms with Gasteiger partial charge in [0.2, 0.25) is 11.8 Å². The molecule has 0 unspecified atom stereocenters. The van der Waals surface area contributed by atoms with E-state index < -0.39 is 33.2 Å². The molecule has 4 aromatic carbocycles. The first kappa shape index (κ1) is 50.6. The minimum atomic E-state index is -3.37. The van der Waals surface area contributed by atoms with Crippen molar-refractivity contribution in [1.82, 2.24) is 15.0 Å². The van der Waals surface area contributed by atoms with Crippen LogP contribution in [-0.2, 0) is 39.4 Å². The molecular weight excluding hydrogens is 956 g/mol. The zero-order chi connectivity index (χ0) is 48.9. The van der Waals surface area contributed by atoms with Gasteiger partial charge in [0, 0.05) is 65.7 Å². The number of nitrogens with zero attached hydrogens (tertiary/aromatic N) is 3. The van der Waals surface area contributed by atoms with Gasteiger partial charge < -0.3 is 28.0 Å². The average molecular weight is 1000 g/mol. The highest BCUT2D eigenvalue weighted by atomic mass is 32.2. The van der Waals surface area contributed by atoms with E-state index in [1.807, 2.05) is 0 Å². The molecule has 0 saturated carbocycles. The van der Waals surface area contributed by atoms with Crippen LogP contribution in [0.1, 0.15) is 47.2 Å². The van der Waals surface area contributed by atoms with Gasteiger partial charge in [0.05, 0.1) is 34.9 Å². The Bertz CT molecular complexity index is 3110. The number of pyridine rings is 2. The number of aromatic nitrogens is 3. The van der Waals surface area contributed by atoms with E-state index in [1.165, 1.54) is 66.8 Å². The zero-order valence-electron chi connectivity index (χ0n) is 37.2. The Morgan fingerprint density at radius 1 is 0.603 bits per heavy atom. The van der Waals surface area contributed by atoms with Crippen LogP contribution in [0.5, 0.6) is 46.3 Å². The number of anilines is 1. The highest BCUT2D eigenvalue weighted by molar-refractivity contribution is 7.91. The maximum Gasteiger partial charge on any atom is 0.336 e. The number of amides is 1. The van der Waals surface area contributed by atoms with Gasteiger partial charge in [-0.05, 0) is 106 Å². The molecule has 0 saturated heterocycles. The summed E-state index contributed by atoms with van der Waals surface area (Å²) >= 11 is 1.17. The summed E-state index contributed by atoms with van der Waals surface area (Å²) in [6.07, 6.45) is 5.41. The lowest BCUT2D eigenvalue weighted by atomic mass is 10.1. The van der Waals surface area contributed by atoms with Gasteiger partial charge in [0.15, 0.2) is 30.6 Å². The number of Topliss-reactive ketones (excluding diaryl/α,β-unsaturated/α-hetero) is 1. The Morgan fingerprint density at radius 3 is 1.44 bits per heavy atom. The van der Waals surface area contributed by atoms with Crippen molar-refractivity contribution in [2.75, 3.05) is 31.0 Å². The molecular formula is C47H45N4O13PS3. The Labute approximate surface area is 397 Å². The summed E-state index contributed by atoms with van der Waals surface area (Å²) < 4.78 is 93.4. The van der Waals surface area contributed by atoms with Crippen LogP contribution >= 0.6 is 18.9 Å².